The molecule has 0 radical (unpaired) electrons. The number of para-hydroxylation sites is 1. The van der Waals surface area contributed by atoms with Crippen LogP contribution in [-0.4, -0.2) is 28.9 Å². The number of aromatic amines is 1. The maximum Gasteiger partial charge on any atom is 0.243 e. The number of piperazine rings is 1. The average molecular weight is 285 g/mol. The van der Waals surface area contributed by atoms with E-state index in [9.17, 15) is 9.59 Å². The summed E-state index contributed by atoms with van der Waals surface area (Å²) in [6.45, 7) is 3.84. The van der Waals surface area contributed by atoms with Gasteiger partial charge in [-0.05, 0) is 23.4 Å². The van der Waals surface area contributed by atoms with Gasteiger partial charge in [0, 0.05) is 17.6 Å². The number of H-pyrrole nitrogens is 1. The molecular formula is C16H19N3O2. The summed E-state index contributed by atoms with van der Waals surface area (Å²) in [4.78, 5) is 27.4. The van der Waals surface area contributed by atoms with Gasteiger partial charge in [-0.3, -0.25) is 9.59 Å². The minimum absolute atomic E-state index is 0.0861. The van der Waals surface area contributed by atoms with E-state index >= 15 is 0 Å². The lowest BCUT2D eigenvalue weighted by Crippen LogP contribution is -2.63. The number of carbonyl (C=O) groups is 2. The molecule has 1 aliphatic heterocycles. The van der Waals surface area contributed by atoms with Crippen molar-refractivity contribution in [3.05, 3.63) is 36.0 Å². The van der Waals surface area contributed by atoms with Crippen molar-refractivity contribution < 1.29 is 9.59 Å². The van der Waals surface area contributed by atoms with Crippen LogP contribution in [0.4, 0.5) is 0 Å². The molecule has 0 spiro atoms. The van der Waals surface area contributed by atoms with Crippen LogP contribution in [0.25, 0.3) is 10.9 Å². The van der Waals surface area contributed by atoms with Crippen LogP contribution in [0.15, 0.2) is 30.3 Å². The van der Waals surface area contributed by atoms with Crippen molar-refractivity contribution in [3.63, 3.8) is 0 Å². The fourth-order valence-corrected chi connectivity index (χ4v) is 2.72. The molecule has 3 N–H and O–H groups in total. The molecule has 1 aromatic carbocycles. The van der Waals surface area contributed by atoms with Crippen LogP contribution >= 0.6 is 0 Å². The van der Waals surface area contributed by atoms with Gasteiger partial charge in [0.05, 0.1) is 0 Å². The van der Waals surface area contributed by atoms with Crippen molar-refractivity contribution >= 4 is 22.7 Å². The number of carbonyl (C=O) groups excluding carboxylic acids is 2. The predicted octanol–water partition coefficient (Wildman–Crippen LogP) is 1.35. The van der Waals surface area contributed by atoms with E-state index in [1.54, 1.807) is 0 Å². The number of rotatable bonds is 3. The normalized spacial score (nSPS) is 22.4. The van der Waals surface area contributed by atoms with Crippen LogP contribution in [0, 0.1) is 5.92 Å². The van der Waals surface area contributed by atoms with Gasteiger partial charge in [-0.2, -0.15) is 0 Å². The van der Waals surface area contributed by atoms with Crippen molar-refractivity contribution in [3.8, 4) is 0 Å². The molecule has 0 saturated carbocycles. The second-order valence-electron chi connectivity index (χ2n) is 5.88. The number of benzene rings is 1. The highest BCUT2D eigenvalue weighted by molar-refractivity contribution is 5.97. The predicted molar refractivity (Wildman–Crippen MR) is 80.7 cm³/mol. The molecule has 2 amide bonds. The highest BCUT2D eigenvalue weighted by Gasteiger charge is 2.35. The molecule has 21 heavy (non-hydrogen) atoms. The Morgan fingerprint density at radius 1 is 1.10 bits per heavy atom. The number of fused-ring (bicyclic) bond motifs is 1. The maximum absolute atomic E-state index is 12.1. The second-order valence-corrected chi connectivity index (χ2v) is 5.88. The molecule has 2 heterocycles. The van der Waals surface area contributed by atoms with Crippen LogP contribution < -0.4 is 10.6 Å². The molecule has 2 aromatic rings. The number of nitrogens with one attached hydrogen (secondary N) is 3. The molecule has 1 aliphatic rings. The summed E-state index contributed by atoms with van der Waals surface area (Å²) in [5, 5.41) is 6.73. The first-order valence-electron chi connectivity index (χ1n) is 7.22. The second kappa shape index (κ2) is 5.24. The van der Waals surface area contributed by atoms with Crippen molar-refractivity contribution in [2.24, 2.45) is 5.92 Å². The van der Waals surface area contributed by atoms with Crippen molar-refractivity contribution in [1.82, 2.24) is 15.6 Å². The standard InChI is InChI=1S/C16H19N3O2/c1-9(2)14-16(21)18-13(15(20)19-14)8-11-7-10-5-3-4-6-12(10)17-11/h3-7,9,13-14,17H,8H2,1-2H3,(H,18,21)(H,19,20)/t13-,14-/m0/s1. The van der Waals surface area contributed by atoms with E-state index in [1.165, 1.54) is 0 Å². The summed E-state index contributed by atoms with van der Waals surface area (Å²) in [5.41, 5.74) is 1.98. The summed E-state index contributed by atoms with van der Waals surface area (Å²) < 4.78 is 0. The van der Waals surface area contributed by atoms with Gasteiger partial charge in [-0.25, -0.2) is 0 Å². The molecule has 0 bridgehead atoms. The number of aromatic nitrogens is 1. The molecule has 0 aliphatic carbocycles. The Balaban J connectivity index is 1.76. The van der Waals surface area contributed by atoms with E-state index in [0.29, 0.717) is 6.42 Å². The van der Waals surface area contributed by atoms with E-state index in [2.05, 4.69) is 15.6 Å². The summed E-state index contributed by atoms with van der Waals surface area (Å²) in [7, 11) is 0. The van der Waals surface area contributed by atoms with Gasteiger partial charge in [0.15, 0.2) is 0 Å². The molecular weight excluding hydrogens is 266 g/mol. The van der Waals surface area contributed by atoms with Crippen LogP contribution in [0.1, 0.15) is 19.5 Å². The van der Waals surface area contributed by atoms with E-state index in [0.717, 1.165) is 16.6 Å². The van der Waals surface area contributed by atoms with Gasteiger partial charge in [0.2, 0.25) is 11.8 Å². The zero-order chi connectivity index (χ0) is 15.0. The molecule has 1 fully saturated rings. The first-order chi connectivity index (χ1) is 10.0. The lowest BCUT2D eigenvalue weighted by atomic mass is 9.98. The number of amides is 2. The quantitative estimate of drug-likeness (QED) is 0.796. The Bertz CT molecular complexity index is 657. The summed E-state index contributed by atoms with van der Waals surface area (Å²) in [6.07, 6.45) is 0.469. The topological polar surface area (TPSA) is 74.0 Å². The van der Waals surface area contributed by atoms with Gasteiger partial charge in [-0.1, -0.05) is 32.0 Å². The molecule has 110 valence electrons. The molecule has 0 unspecified atom stereocenters. The van der Waals surface area contributed by atoms with Gasteiger partial charge < -0.3 is 15.6 Å². The Morgan fingerprint density at radius 2 is 1.86 bits per heavy atom. The fraction of sp³-hybridized carbons (Fsp3) is 0.375. The minimum atomic E-state index is -0.513. The first-order valence-corrected chi connectivity index (χ1v) is 7.22. The molecule has 1 aromatic heterocycles. The minimum Gasteiger partial charge on any atom is -0.358 e. The van der Waals surface area contributed by atoms with Gasteiger partial charge >= 0.3 is 0 Å². The Hall–Kier alpha value is -2.30. The van der Waals surface area contributed by atoms with Crippen molar-refractivity contribution in [1.29, 1.82) is 0 Å². The van der Waals surface area contributed by atoms with Crippen LogP contribution in [-0.2, 0) is 16.0 Å². The number of hydrogen-bond acceptors (Lipinski definition) is 2. The van der Waals surface area contributed by atoms with E-state index in [1.807, 2.05) is 44.2 Å². The largest absolute Gasteiger partial charge is 0.358 e. The highest BCUT2D eigenvalue weighted by Crippen LogP contribution is 2.17. The Morgan fingerprint density at radius 3 is 2.57 bits per heavy atom. The average Bonchev–Trinajstić information content (AvgIpc) is 2.84. The first kappa shape index (κ1) is 13.7. The van der Waals surface area contributed by atoms with Crippen molar-refractivity contribution in [2.75, 3.05) is 0 Å². The third kappa shape index (κ3) is 2.63. The SMILES string of the molecule is CC(C)[C@@H]1NC(=O)[C@H](Cc2cc3ccccc3[nH]2)NC1=O. The zero-order valence-electron chi connectivity index (χ0n) is 12.1. The van der Waals surface area contributed by atoms with Crippen LogP contribution in [0.3, 0.4) is 0 Å². The molecule has 5 nitrogen and oxygen atoms in total. The van der Waals surface area contributed by atoms with Crippen LogP contribution in [0.2, 0.25) is 0 Å². The highest BCUT2D eigenvalue weighted by atomic mass is 16.2. The van der Waals surface area contributed by atoms with E-state index < -0.39 is 12.1 Å². The third-order valence-corrected chi connectivity index (χ3v) is 3.89. The molecule has 5 heteroatoms. The molecule has 2 atom stereocenters. The zero-order valence-corrected chi connectivity index (χ0v) is 12.1. The molecule has 3 rings (SSSR count). The maximum atomic E-state index is 12.1. The van der Waals surface area contributed by atoms with Gasteiger partial charge in [0.1, 0.15) is 12.1 Å². The lowest BCUT2D eigenvalue weighted by Gasteiger charge is -2.31. The van der Waals surface area contributed by atoms with Crippen LogP contribution in [0.5, 0.6) is 0 Å². The fourth-order valence-electron chi connectivity index (χ4n) is 2.72. The lowest BCUT2D eigenvalue weighted by molar-refractivity contribution is -0.137. The monoisotopic (exact) mass is 285 g/mol. The van der Waals surface area contributed by atoms with E-state index in [-0.39, 0.29) is 17.7 Å². The summed E-state index contributed by atoms with van der Waals surface area (Å²) in [5.74, 6) is -0.138. The smallest absolute Gasteiger partial charge is 0.243 e. The van der Waals surface area contributed by atoms with Gasteiger partial charge in [0.25, 0.3) is 0 Å². The Labute approximate surface area is 123 Å². The van der Waals surface area contributed by atoms with Gasteiger partial charge in [-0.15, -0.1) is 0 Å². The number of hydrogen-bond donors (Lipinski definition) is 3. The summed E-state index contributed by atoms with van der Waals surface area (Å²) in [6, 6.07) is 9.02. The third-order valence-electron chi connectivity index (χ3n) is 3.89. The van der Waals surface area contributed by atoms with Crippen molar-refractivity contribution in [2.45, 2.75) is 32.4 Å². The molecule has 1 saturated heterocycles. The Kier molecular flexibility index (Phi) is 3.41. The van der Waals surface area contributed by atoms with E-state index in [4.69, 9.17) is 0 Å². The summed E-state index contributed by atoms with van der Waals surface area (Å²) >= 11 is 0.